The lowest BCUT2D eigenvalue weighted by atomic mass is 9.84. The molecule has 4 nitrogen and oxygen atoms in total. The monoisotopic (exact) mass is 261 g/mol. The number of halogens is 1. The standard InChI is InChI=1S/C14H16FN3O/c15-10-1-2-13-11(7-10)14(17-19-13)16-12-8-18-5-3-9(12)4-6-18/h1-2,7,9,12H,3-6,8H2,(H,16,17)/t12-/m0/s1. The van der Waals surface area contributed by atoms with Crippen LogP contribution in [0.1, 0.15) is 12.8 Å². The summed E-state index contributed by atoms with van der Waals surface area (Å²) in [6, 6.07) is 4.90. The molecule has 4 heterocycles. The van der Waals surface area contributed by atoms with E-state index in [-0.39, 0.29) is 5.82 Å². The van der Waals surface area contributed by atoms with Gasteiger partial charge in [-0.25, -0.2) is 4.39 Å². The largest absolute Gasteiger partial charge is 0.362 e. The molecule has 5 rings (SSSR count). The van der Waals surface area contributed by atoms with E-state index >= 15 is 0 Å². The normalized spacial score (nSPS) is 29.8. The van der Waals surface area contributed by atoms with E-state index in [1.807, 2.05) is 0 Å². The first-order valence-electron chi connectivity index (χ1n) is 6.83. The van der Waals surface area contributed by atoms with Crippen molar-refractivity contribution in [1.29, 1.82) is 0 Å². The molecule has 100 valence electrons. The highest BCUT2D eigenvalue weighted by molar-refractivity contribution is 5.88. The van der Waals surface area contributed by atoms with Crippen molar-refractivity contribution in [3.63, 3.8) is 0 Å². The lowest BCUT2D eigenvalue weighted by molar-refractivity contribution is 0.0973. The number of rotatable bonds is 2. The average molecular weight is 261 g/mol. The van der Waals surface area contributed by atoms with E-state index in [0.29, 0.717) is 23.4 Å². The van der Waals surface area contributed by atoms with Crippen LogP contribution in [0.5, 0.6) is 0 Å². The summed E-state index contributed by atoms with van der Waals surface area (Å²) in [6.07, 6.45) is 2.48. The van der Waals surface area contributed by atoms with Gasteiger partial charge in [-0.2, -0.15) is 0 Å². The van der Waals surface area contributed by atoms with E-state index in [9.17, 15) is 4.39 Å². The predicted octanol–water partition coefficient (Wildman–Crippen LogP) is 2.47. The average Bonchev–Trinajstić information content (AvgIpc) is 2.83. The summed E-state index contributed by atoms with van der Waals surface area (Å²) in [4.78, 5) is 2.47. The fraction of sp³-hybridized carbons (Fsp3) is 0.500. The molecule has 1 N–H and O–H groups in total. The molecule has 2 aromatic rings. The maximum Gasteiger partial charge on any atom is 0.177 e. The van der Waals surface area contributed by atoms with Gasteiger partial charge in [0.05, 0.1) is 5.39 Å². The number of benzene rings is 1. The minimum absolute atomic E-state index is 0.257. The Bertz CT molecular complexity index is 604. The highest BCUT2D eigenvalue weighted by atomic mass is 19.1. The molecule has 0 aliphatic carbocycles. The van der Waals surface area contributed by atoms with Crippen LogP contribution in [0.4, 0.5) is 10.2 Å². The Balaban J connectivity index is 1.63. The molecule has 0 spiro atoms. The summed E-state index contributed by atoms with van der Waals surface area (Å²) in [5, 5.41) is 8.22. The highest BCUT2D eigenvalue weighted by Crippen LogP contribution is 2.31. The Kier molecular flexibility index (Phi) is 2.48. The van der Waals surface area contributed by atoms with Gasteiger partial charge in [-0.05, 0) is 50.0 Å². The smallest absolute Gasteiger partial charge is 0.177 e. The summed E-state index contributed by atoms with van der Waals surface area (Å²) in [6.45, 7) is 3.46. The van der Waals surface area contributed by atoms with Gasteiger partial charge >= 0.3 is 0 Å². The van der Waals surface area contributed by atoms with Crippen molar-refractivity contribution >= 4 is 16.8 Å². The third kappa shape index (κ3) is 1.89. The van der Waals surface area contributed by atoms with Gasteiger partial charge < -0.3 is 14.7 Å². The molecular weight excluding hydrogens is 245 g/mol. The maximum atomic E-state index is 13.3. The Morgan fingerprint density at radius 2 is 2.16 bits per heavy atom. The van der Waals surface area contributed by atoms with Crippen LogP contribution in [-0.2, 0) is 0 Å². The molecule has 3 saturated heterocycles. The van der Waals surface area contributed by atoms with Gasteiger partial charge in [0, 0.05) is 12.6 Å². The van der Waals surface area contributed by atoms with Gasteiger partial charge in [-0.15, -0.1) is 0 Å². The van der Waals surface area contributed by atoms with Gasteiger partial charge in [0.2, 0.25) is 0 Å². The molecular formula is C14H16FN3O. The number of hydrogen-bond acceptors (Lipinski definition) is 4. The van der Waals surface area contributed by atoms with Gasteiger partial charge in [-0.1, -0.05) is 5.16 Å². The summed E-state index contributed by atoms with van der Waals surface area (Å²) in [5.41, 5.74) is 0.630. The van der Waals surface area contributed by atoms with Crippen LogP contribution in [0.2, 0.25) is 0 Å². The van der Waals surface area contributed by atoms with Crippen molar-refractivity contribution in [3.05, 3.63) is 24.0 Å². The molecule has 1 aromatic carbocycles. The summed E-state index contributed by atoms with van der Waals surface area (Å²) < 4.78 is 18.6. The lowest BCUT2D eigenvalue weighted by Crippen LogP contribution is -2.53. The number of aromatic nitrogens is 1. The van der Waals surface area contributed by atoms with E-state index in [2.05, 4.69) is 15.4 Å². The molecule has 3 aliphatic heterocycles. The number of nitrogens with one attached hydrogen (secondary N) is 1. The van der Waals surface area contributed by atoms with Crippen molar-refractivity contribution < 1.29 is 8.91 Å². The van der Waals surface area contributed by atoms with Crippen molar-refractivity contribution in [1.82, 2.24) is 10.1 Å². The van der Waals surface area contributed by atoms with Crippen LogP contribution in [0.3, 0.4) is 0 Å². The van der Waals surface area contributed by atoms with Crippen molar-refractivity contribution in [2.45, 2.75) is 18.9 Å². The molecule has 1 aromatic heterocycles. The van der Waals surface area contributed by atoms with E-state index in [1.54, 1.807) is 6.07 Å². The number of nitrogens with zero attached hydrogens (tertiary/aromatic N) is 2. The maximum absolute atomic E-state index is 13.3. The van der Waals surface area contributed by atoms with E-state index < -0.39 is 0 Å². The molecule has 19 heavy (non-hydrogen) atoms. The highest BCUT2D eigenvalue weighted by Gasteiger charge is 2.34. The number of anilines is 1. The van der Waals surface area contributed by atoms with Gasteiger partial charge in [0.15, 0.2) is 11.4 Å². The second-order valence-corrected chi connectivity index (χ2v) is 5.56. The molecule has 0 saturated carbocycles. The van der Waals surface area contributed by atoms with Crippen molar-refractivity contribution in [2.75, 3.05) is 25.0 Å². The van der Waals surface area contributed by atoms with Gasteiger partial charge in [0.25, 0.3) is 0 Å². The van der Waals surface area contributed by atoms with Crippen LogP contribution in [0, 0.1) is 11.7 Å². The Hall–Kier alpha value is -1.62. The van der Waals surface area contributed by atoms with Gasteiger partial charge in [-0.3, -0.25) is 0 Å². The molecule has 3 aliphatic rings. The van der Waals surface area contributed by atoms with Crippen LogP contribution in [-0.4, -0.2) is 35.7 Å². The van der Waals surface area contributed by atoms with Crippen molar-refractivity contribution in [3.8, 4) is 0 Å². The minimum atomic E-state index is -0.257. The van der Waals surface area contributed by atoms with E-state index in [0.717, 1.165) is 11.9 Å². The first kappa shape index (κ1) is 11.2. The predicted molar refractivity (Wildman–Crippen MR) is 70.5 cm³/mol. The third-order valence-corrected chi connectivity index (χ3v) is 4.41. The lowest BCUT2D eigenvalue weighted by Gasteiger charge is -2.44. The summed E-state index contributed by atoms with van der Waals surface area (Å²) in [7, 11) is 0. The summed E-state index contributed by atoms with van der Waals surface area (Å²) >= 11 is 0. The fourth-order valence-electron chi connectivity index (χ4n) is 3.32. The van der Waals surface area contributed by atoms with Crippen LogP contribution >= 0.6 is 0 Å². The Morgan fingerprint density at radius 1 is 1.32 bits per heavy atom. The second-order valence-electron chi connectivity index (χ2n) is 5.56. The molecule has 2 bridgehead atoms. The zero-order valence-electron chi connectivity index (χ0n) is 10.6. The first-order valence-corrected chi connectivity index (χ1v) is 6.83. The Labute approximate surface area is 110 Å². The summed E-state index contributed by atoms with van der Waals surface area (Å²) in [5.74, 6) is 1.12. The zero-order valence-corrected chi connectivity index (χ0v) is 10.6. The van der Waals surface area contributed by atoms with E-state index in [4.69, 9.17) is 4.52 Å². The molecule has 0 amide bonds. The SMILES string of the molecule is Fc1ccc2onc(N[C@H]3CN4CCC3CC4)c2c1. The molecule has 3 fully saturated rings. The quantitative estimate of drug-likeness (QED) is 0.901. The van der Waals surface area contributed by atoms with Crippen LogP contribution < -0.4 is 5.32 Å². The number of hydrogen-bond donors (Lipinski definition) is 1. The zero-order chi connectivity index (χ0) is 12.8. The second kappa shape index (κ2) is 4.20. The van der Waals surface area contributed by atoms with Crippen molar-refractivity contribution in [2.24, 2.45) is 5.92 Å². The van der Waals surface area contributed by atoms with Crippen LogP contribution in [0.15, 0.2) is 22.7 Å². The molecule has 0 radical (unpaired) electrons. The fourth-order valence-corrected chi connectivity index (χ4v) is 3.32. The Morgan fingerprint density at radius 3 is 2.89 bits per heavy atom. The first-order chi connectivity index (χ1) is 9.29. The van der Waals surface area contributed by atoms with Crippen LogP contribution in [0.25, 0.3) is 11.0 Å². The topological polar surface area (TPSA) is 41.3 Å². The number of fused-ring (bicyclic) bond motifs is 4. The van der Waals surface area contributed by atoms with E-state index in [1.165, 1.54) is 38.1 Å². The minimum Gasteiger partial charge on any atom is -0.362 e. The molecule has 5 heteroatoms. The third-order valence-electron chi connectivity index (χ3n) is 4.41. The molecule has 1 atom stereocenters. The molecule has 0 unspecified atom stereocenters. The van der Waals surface area contributed by atoms with Gasteiger partial charge in [0.1, 0.15) is 5.82 Å². The number of piperidine rings is 3.